The van der Waals surface area contributed by atoms with Gasteiger partial charge in [0.25, 0.3) is 0 Å². The average Bonchev–Trinajstić information content (AvgIpc) is 3.54. The van der Waals surface area contributed by atoms with Crippen LogP contribution in [0.25, 0.3) is 33.8 Å². The summed E-state index contributed by atoms with van der Waals surface area (Å²) < 4.78 is 30.5. The van der Waals surface area contributed by atoms with E-state index in [1.165, 1.54) is 21.1 Å². The zero-order chi connectivity index (χ0) is 29.4. The second kappa shape index (κ2) is 11.0. The average molecular weight is 574 g/mol. The van der Waals surface area contributed by atoms with Gasteiger partial charge in [0.2, 0.25) is 5.88 Å². The maximum absolute atomic E-state index is 14.4. The van der Waals surface area contributed by atoms with Gasteiger partial charge in [0.15, 0.2) is 5.82 Å². The van der Waals surface area contributed by atoms with Crippen molar-refractivity contribution in [2.24, 2.45) is 7.05 Å². The van der Waals surface area contributed by atoms with Crippen LogP contribution in [-0.2, 0) is 13.6 Å². The summed E-state index contributed by atoms with van der Waals surface area (Å²) in [6.07, 6.45) is 7.59. The second-order valence-electron chi connectivity index (χ2n) is 10.6. The molecule has 0 amide bonds. The van der Waals surface area contributed by atoms with Crippen LogP contribution in [0.3, 0.4) is 0 Å². The molecule has 1 saturated carbocycles. The van der Waals surface area contributed by atoms with Gasteiger partial charge in [-0.3, -0.25) is 8.97 Å². The number of nitrogens with zero attached hydrogens (tertiary/aromatic N) is 6. The monoisotopic (exact) mass is 573 g/mol. The highest BCUT2D eigenvalue weighted by Crippen LogP contribution is 2.34. The van der Waals surface area contributed by atoms with Crippen LogP contribution in [0.2, 0.25) is 0 Å². The molecule has 11 nitrogen and oxygen atoms in total. The number of rotatable bonds is 10. The fourth-order valence-electron chi connectivity index (χ4n) is 5.31. The van der Waals surface area contributed by atoms with Gasteiger partial charge in [-0.25, -0.2) is 9.18 Å². The summed E-state index contributed by atoms with van der Waals surface area (Å²) in [6, 6.07) is 9.82. The molecule has 4 heterocycles. The number of fused-ring (bicyclic) bond motifs is 1. The van der Waals surface area contributed by atoms with E-state index >= 15 is 0 Å². The van der Waals surface area contributed by atoms with E-state index in [0.29, 0.717) is 65.2 Å². The van der Waals surface area contributed by atoms with Crippen LogP contribution >= 0.6 is 0 Å². The fraction of sp³-hybridized carbons (Fsp3) is 0.333. The van der Waals surface area contributed by atoms with E-state index in [0.717, 1.165) is 24.8 Å². The number of ether oxygens (including phenoxy) is 2. The van der Waals surface area contributed by atoms with Gasteiger partial charge in [-0.2, -0.15) is 4.98 Å². The summed E-state index contributed by atoms with van der Waals surface area (Å²) in [5.74, 6) is 1.24. The van der Waals surface area contributed by atoms with Gasteiger partial charge in [-0.1, -0.05) is 6.07 Å². The Morgan fingerprint density at radius 2 is 1.98 bits per heavy atom. The van der Waals surface area contributed by atoms with Gasteiger partial charge < -0.3 is 24.5 Å². The number of halogens is 1. The van der Waals surface area contributed by atoms with Crippen LogP contribution in [0.5, 0.6) is 11.6 Å². The minimum Gasteiger partial charge on any atom is -0.494 e. The molecule has 0 spiro atoms. The third-order valence-electron chi connectivity index (χ3n) is 7.65. The van der Waals surface area contributed by atoms with E-state index in [9.17, 15) is 14.3 Å². The molecule has 42 heavy (non-hydrogen) atoms. The largest absolute Gasteiger partial charge is 0.494 e. The summed E-state index contributed by atoms with van der Waals surface area (Å²) >= 11 is 0. The predicted octanol–water partition coefficient (Wildman–Crippen LogP) is 3.50. The Balaban J connectivity index is 1.43. The number of aromatic nitrogens is 6. The first-order chi connectivity index (χ1) is 20.3. The molecule has 1 aromatic carbocycles. The van der Waals surface area contributed by atoms with Crippen molar-refractivity contribution in [3.05, 3.63) is 77.0 Å². The highest BCUT2D eigenvalue weighted by atomic mass is 19.1. The van der Waals surface area contributed by atoms with Crippen LogP contribution in [0.4, 0.5) is 4.39 Å². The van der Waals surface area contributed by atoms with Crippen LogP contribution in [0.15, 0.2) is 59.9 Å². The number of pyridine rings is 2. The number of imidazole rings is 1. The predicted molar refractivity (Wildman–Crippen MR) is 154 cm³/mol. The Labute approximate surface area is 241 Å². The van der Waals surface area contributed by atoms with Crippen LogP contribution in [0, 0.1) is 5.82 Å². The van der Waals surface area contributed by atoms with Crippen molar-refractivity contribution in [1.82, 2.24) is 34.0 Å². The lowest BCUT2D eigenvalue weighted by Gasteiger charge is -2.36. The van der Waals surface area contributed by atoms with Gasteiger partial charge in [0, 0.05) is 44.2 Å². The summed E-state index contributed by atoms with van der Waals surface area (Å²) in [5, 5.41) is 21.8. The third-order valence-corrected chi connectivity index (χ3v) is 7.65. The van der Waals surface area contributed by atoms with Crippen molar-refractivity contribution in [2.75, 3.05) is 20.3 Å². The molecule has 6 rings (SSSR count). The number of benzene rings is 1. The van der Waals surface area contributed by atoms with Crippen molar-refractivity contribution in [2.45, 2.75) is 38.3 Å². The number of hydrogen-bond acceptors (Lipinski definition) is 8. The van der Waals surface area contributed by atoms with Crippen molar-refractivity contribution in [3.63, 3.8) is 0 Å². The first-order valence-corrected chi connectivity index (χ1v) is 13.8. The molecule has 1 fully saturated rings. The van der Waals surface area contributed by atoms with Gasteiger partial charge in [-0.15, -0.1) is 10.2 Å². The molecule has 1 aliphatic carbocycles. The lowest BCUT2D eigenvalue weighted by molar-refractivity contribution is -0.0314. The number of methoxy groups -OCH3 is 1. The van der Waals surface area contributed by atoms with E-state index < -0.39 is 11.4 Å². The molecule has 4 aromatic heterocycles. The Hall–Kier alpha value is -4.55. The van der Waals surface area contributed by atoms with E-state index in [1.807, 2.05) is 13.0 Å². The second-order valence-corrected chi connectivity index (χ2v) is 10.6. The molecule has 1 aliphatic rings. The molecule has 0 atom stereocenters. The molecular formula is C30H32FN7O4. The van der Waals surface area contributed by atoms with Crippen LogP contribution in [-0.4, -0.2) is 59.7 Å². The van der Waals surface area contributed by atoms with Crippen molar-refractivity contribution >= 4 is 5.52 Å². The Bertz CT molecular complexity index is 1820. The molecular weight excluding hydrogens is 541 g/mol. The minimum absolute atomic E-state index is 0.311. The van der Waals surface area contributed by atoms with E-state index in [1.54, 1.807) is 55.6 Å². The molecule has 12 heteroatoms. The highest BCUT2D eigenvalue weighted by molar-refractivity contribution is 5.81. The standard InChI is InChI=1S/C30H32FN7O4/c1-4-42-27-12-20(22-7-6-21(31)13-23(22)28-35-33-18-36(28)2)11-26(34-27)38-16-24-25(41-3)10-19(15-37(24)29(38)39)14-32-17-30(40)8-5-9-30/h6-7,10-13,15-16,18,32,40H,4-5,8-9,14,17H2,1-3H3. The number of nitrogens with one attached hydrogen (secondary N) is 1. The first-order valence-electron chi connectivity index (χ1n) is 13.8. The quantitative estimate of drug-likeness (QED) is 0.261. The van der Waals surface area contributed by atoms with Gasteiger partial charge in [0.1, 0.15) is 29.2 Å². The summed E-state index contributed by atoms with van der Waals surface area (Å²) in [7, 11) is 3.34. The molecule has 0 aliphatic heterocycles. The van der Waals surface area contributed by atoms with Gasteiger partial charge >= 0.3 is 5.69 Å². The summed E-state index contributed by atoms with van der Waals surface area (Å²) in [6.45, 7) is 3.16. The minimum atomic E-state index is -0.652. The van der Waals surface area contributed by atoms with Gasteiger partial charge in [-0.05, 0) is 67.1 Å². The Morgan fingerprint density at radius 1 is 1.14 bits per heavy atom. The Kier molecular flexibility index (Phi) is 7.25. The SMILES string of the molecule is CCOc1cc(-c2ccc(F)cc2-c2nncn2C)cc(-n2cc3c(OC)cc(CNCC4(O)CCC4)cn3c2=O)n1. The smallest absolute Gasteiger partial charge is 0.338 e. The fourth-order valence-corrected chi connectivity index (χ4v) is 5.31. The summed E-state index contributed by atoms with van der Waals surface area (Å²) in [4.78, 5) is 18.4. The topological polar surface area (TPSA) is 121 Å². The molecule has 0 radical (unpaired) electrons. The zero-order valence-corrected chi connectivity index (χ0v) is 23.7. The highest BCUT2D eigenvalue weighted by Gasteiger charge is 2.33. The molecule has 0 unspecified atom stereocenters. The number of aliphatic hydroxyl groups is 1. The van der Waals surface area contributed by atoms with Gasteiger partial charge in [0.05, 0.1) is 19.3 Å². The lowest BCUT2D eigenvalue weighted by Crippen LogP contribution is -2.46. The molecule has 0 bridgehead atoms. The summed E-state index contributed by atoms with van der Waals surface area (Å²) in [5.41, 5.74) is 2.27. The normalized spacial score (nSPS) is 14.2. The Morgan fingerprint density at radius 3 is 2.67 bits per heavy atom. The van der Waals surface area contributed by atoms with Crippen molar-refractivity contribution in [3.8, 4) is 40.0 Å². The lowest BCUT2D eigenvalue weighted by atomic mass is 9.80. The maximum atomic E-state index is 14.4. The number of hydrogen-bond donors (Lipinski definition) is 2. The van der Waals surface area contributed by atoms with E-state index in [4.69, 9.17) is 9.47 Å². The van der Waals surface area contributed by atoms with Crippen LogP contribution in [0.1, 0.15) is 31.7 Å². The van der Waals surface area contributed by atoms with E-state index in [-0.39, 0.29) is 5.69 Å². The van der Waals surface area contributed by atoms with Crippen molar-refractivity contribution < 1.29 is 19.0 Å². The third kappa shape index (κ3) is 5.14. The van der Waals surface area contributed by atoms with E-state index in [2.05, 4.69) is 20.5 Å². The maximum Gasteiger partial charge on any atom is 0.338 e. The molecule has 0 saturated heterocycles. The molecule has 2 N–H and O–H groups in total. The zero-order valence-electron chi connectivity index (χ0n) is 23.7. The molecule has 5 aromatic rings. The van der Waals surface area contributed by atoms with Crippen molar-refractivity contribution in [1.29, 1.82) is 0 Å². The first kappa shape index (κ1) is 27.6. The molecule has 218 valence electrons. The number of aryl methyl sites for hydroxylation is 1. The van der Waals surface area contributed by atoms with Crippen LogP contribution < -0.4 is 20.5 Å².